The van der Waals surface area contributed by atoms with Gasteiger partial charge in [0.2, 0.25) is 0 Å². The molecule has 0 N–H and O–H groups in total. The number of allylic oxidation sites excluding steroid dienone is 2. The number of rotatable bonds is 1. The molecule has 2 aromatic rings. The Morgan fingerprint density at radius 1 is 1.19 bits per heavy atom. The highest BCUT2D eigenvalue weighted by atomic mass is 16.5. The first-order chi connectivity index (χ1) is 12.6. The van der Waals surface area contributed by atoms with Crippen LogP contribution in [0, 0.1) is 11.8 Å². The number of pyridine rings is 1. The number of fused-ring (bicyclic) bond motifs is 1. The van der Waals surface area contributed by atoms with Crippen LogP contribution in [0.3, 0.4) is 0 Å². The van der Waals surface area contributed by atoms with Crippen LogP contribution in [0.2, 0.25) is 0 Å². The molecular formula is C22H21NO3. The second kappa shape index (κ2) is 9.85. The van der Waals surface area contributed by atoms with Gasteiger partial charge in [0.1, 0.15) is 0 Å². The van der Waals surface area contributed by atoms with Gasteiger partial charge in [-0.25, -0.2) is 0 Å². The highest BCUT2D eigenvalue weighted by Crippen LogP contribution is 2.29. The van der Waals surface area contributed by atoms with E-state index < -0.39 is 0 Å². The van der Waals surface area contributed by atoms with E-state index in [2.05, 4.69) is 45.8 Å². The van der Waals surface area contributed by atoms with Gasteiger partial charge in [0.05, 0.1) is 20.5 Å². The van der Waals surface area contributed by atoms with Crippen LogP contribution in [0.15, 0.2) is 55.1 Å². The fourth-order valence-corrected chi connectivity index (χ4v) is 2.32. The quantitative estimate of drug-likeness (QED) is 0.443. The molecule has 1 aromatic carbocycles. The molecule has 0 aliphatic heterocycles. The zero-order valence-electron chi connectivity index (χ0n) is 15.2. The molecule has 0 fully saturated rings. The predicted octanol–water partition coefficient (Wildman–Crippen LogP) is 4.06. The minimum atomic E-state index is -0.245. The summed E-state index contributed by atoms with van der Waals surface area (Å²) < 4.78 is 9.28. The van der Waals surface area contributed by atoms with Crippen LogP contribution in [-0.4, -0.2) is 25.2 Å². The summed E-state index contributed by atoms with van der Waals surface area (Å²) in [6.45, 7) is 1.36. The largest absolute Gasteiger partial charge is 0.504 e. The zero-order valence-corrected chi connectivity index (χ0v) is 15.2. The lowest BCUT2D eigenvalue weighted by Crippen LogP contribution is -1.95. The zero-order chi connectivity index (χ0) is 18.8. The first-order valence-corrected chi connectivity index (χ1v) is 8.13. The van der Waals surface area contributed by atoms with Gasteiger partial charge in [-0.05, 0) is 47.4 Å². The molecule has 26 heavy (non-hydrogen) atoms. The van der Waals surface area contributed by atoms with Crippen molar-refractivity contribution in [2.24, 2.45) is 0 Å². The number of carbonyl (C=O) groups excluding carboxylic acids is 1. The molecule has 1 aliphatic rings. The van der Waals surface area contributed by atoms with Crippen molar-refractivity contribution >= 4 is 17.6 Å². The molecule has 0 bridgehead atoms. The molecular weight excluding hydrogens is 326 g/mol. The highest BCUT2D eigenvalue weighted by Gasteiger charge is 2.10. The number of esters is 1. The number of ether oxygens (including phenoxy) is 2. The molecule has 3 rings (SSSR count). The van der Waals surface area contributed by atoms with E-state index in [1.54, 1.807) is 25.8 Å². The van der Waals surface area contributed by atoms with Gasteiger partial charge in [0, 0.05) is 30.4 Å². The van der Waals surface area contributed by atoms with Gasteiger partial charge >= 0.3 is 5.97 Å². The van der Waals surface area contributed by atoms with Gasteiger partial charge < -0.3 is 9.47 Å². The number of carbonyl (C=O) groups is 1. The van der Waals surface area contributed by atoms with Crippen LogP contribution in [0.1, 0.15) is 35.6 Å². The Bertz CT molecular complexity index is 871. The van der Waals surface area contributed by atoms with Crippen molar-refractivity contribution in [3.05, 3.63) is 77.3 Å². The third-order valence-corrected chi connectivity index (χ3v) is 3.59. The number of aromatic nitrogens is 1. The van der Waals surface area contributed by atoms with E-state index >= 15 is 0 Å². The van der Waals surface area contributed by atoms with Gasteiger partial charge in [-0.3, -0.25) is 9.78 Å². The number of hydrogen-bond acceptors (Lipinski definition) is 4. The molecule has 0 unspecified atom stereocenters. The van der Waals surface area contributed by atoms with E-state index in [9.17, 15) is 4.79 Å². The maximum atomic E-state index is 9.59. The average Bonchev–Trinajstić information content (AvgIpc) is 2.68. The standard InChI is InChI=1S/C19H15NO.C3H6O2/c1-21-14-18-6-2-5-17-10-9-15(12-19(17)18)7-8-16-4-3-11-20-13-16;1-3(4)5-2/h2-5,9-14H,6H2,1H3;1-2H3. The fraction of sp³-hybridized carbons (Fsp3) is 0.182. The topological polar surface area (TPSA) is 48.4 Å². The van der Waals surface area contributed by atoms with Crippen molar-refractivity contribution in [3.8, 4) is 11.8 Å². The first kappa shape index (κ1) is 19.0. The third-order valence-electron chi connectivity index (χ3n) is 3.59. The Hall–Kier alpha value is -3.32. The van der Waals surface area contributed by atoms with E-state index in [0.717, 1.165) is 17.5 Å². The lowest BCUT2D eigenvalue weighted by atomic mass is 9.91. The molecule has 132 valence electrons. The highest BCUT2D eigenvalue weighted by molar-refractivity contribution is 5.79. The summed E-state index contributed by atoms with van der Waals surface area (Å²) in [6, 6.07) is 10.1. The van der Waals surface area contributed by atoms with Crippen molar-refractivity contribution in [1.29, 1.82) is 0 Å². The monoisotopic (exact) mass is 347 g/mol. The number of methoxy groups -OCH3 is 2. The number of nitrogens with zero attached hydrogens (tertiary/aromatic N) is 1. The molecule has 1 aliphatic carbocycles. The van der Waals surface area contributed by atoms with Gasteiger partial charge in [0.25, 0.3) is 0 Å². The van der Waals surface area contributed by atoms with Crippen molar-refractivity contribution in [2.75, 3.05) is 14.2 Å². The van der Waals surface area contributed by atoms with E-state index in [1.807, 2.05) is 18.2 Å². The summed E-state index contributed by atoms with van der Waals surface area (Å²) in [4.78, 5) is 13.7. The van der Waals surface area contributed by atoms with Crippen LogP contribution in [0.4, 0.5) is 0 Å². The fourth-order valence-electron chi connectivity index (χ4n) is 2.32. The van der Waals surface area contributed by atoms with Crippen molar-refractivity contribution in [1.82, 2.24) is 4.98 Å². The molecule has 1 aromatic heterocycles. The van der Waals surface area contributed by atoms with Crippen LogP contribution in [-0.2, 0) is 14.3 Å². The van der Waals surface area contributed by atoms with Gasteiger partial charge in [-0.2, -0.15) is 0 Å². The Morgan fingerprint density at radius 2 is 1.96 bits per heavy atom. The Morgan fingerprint density at radius 3 is 2.62 bits per heavy atom. The third kappa shape index (κ3) is 5.64. The molecule has 1 heterocycles. The minimum absolute atomic E-state index is 0.245. The van der Waals surface area contributed by atoms with E-state index in [-0.39, 0.29) is 5.97 Å². The minimum Gasteiger partial charge on any atom is -0.504 e. The molecule has 0 amide bonds. The average molecular weight is 347 g/mol. The van der Waals surface area contributed by atoms with Crippen LogP contribution in [0.5, 0.6) is 0 Å². The second-order valence-corrected chi connectivity index (χ2v) is 5.47. The molecule has 0 saturated heterocycles. The van der Waals surface area contributed by atoms with Gasteiger partial charge in [-0.15, -0.1) is 0 Å². The summed E-state index contributed by atoms with van der Waals surface area (Å²) >= 11 is 0. The van der Waals surface area contributed by atoms with E-state index in [0.29, 0.717) is 0 Å². The summed E-state index contributed by atoms with van der Waals surface area (Å²) in [5.74, 6) is 6.08. The van der Waals surface area contributed by atoms with E-state index in [4.69, 9.17) is 4.74 Å². The molecule has 0 saturated carbocycles. The molecule has 0 atom stereocenters. The van der Waals surface area contributed by atoms with Gasteiger partial charge in [0.15, 0.2) is 0 Å². The van der Waals surface area contributed by atoms with Gasteiger partial charge in [-0.1, -0.05) is 30.1 Å². The molecule has 4 heteroatoms. The lowest BCUT2D eigenvalue weighted by molar-refractivity contribution is -0.137. The smallest absolute Gasteiger partial charge is 0.302 e. The van der Waals surface area contributed by atoms with Crippen molar-refractivity contribution < 1.29 is 14.3 Å². The summed E-state index contributed by atoms with van der Waals surface area (Å²) in [5.41, 5.74) is 5.49. The lowest BCUT2D eigenvalue weighted by Gasteiger charge is -2.14. The summed E-state index contributed by atoms with van der Waals surface area (Å²) in [6.07, 6.45) is 10.5. The Labute approximate surface area is 154 Å². The normalized spacial score (nSPS) is 12.8. The molecule has 0 spiro atoms. The summed E-state index contributed by atoms with van der Waals surface area (Å²) in [7, 11) is 3.03. The maximum Gasteiger partial charge on any atom is 0.302 e. The predicted molar refractivity (Wildman–Crippen MR) is 103 cm³/mol. The van der Waals surface area contributed by atoms with Crippen LogP contribution >= 0.6 is 0 Å². The van der Waals surface area contributed by atoms with E-state index in [1.165, 1.54) is 30.7 Å². The first-order valence-electron chi connectivity index (χ1n) is 8.13. The number of hydrogen-bond donors (Lipinski definition) is 0. The van der Waals surface area contributed by atoms with Crippen LogP contribution < -0.4 is 0 Å². The molecule has 4 nitrogen and oxygen atoms in total. The SMILES string of the molecule is COC(C)=O.COC=C1CC=Cc2ccc(C#Cc3cccnc3)cc21. The maximum absolute atomic E-state index is 9.59. The Balaban J connectivity index is 0.000000431. The Kier molecular flexibility index (Phi) is 7.20. The number of benzene rings is 1. The second-order valence-electron chi connectivity index (χ2n) is 5.47. The van der Waals surface area contributed by atoms with Crippen molar-refractivity contribution in [2.45, 2.75) is 13.3 Å². The molecule has 0 radical (unpaired) electrons. The summed E-state index contributed by atoms with van der Waals surface area (Å²) in [5, 5.41) is 0. The van der Waals surface area contributed by atoms with Crippen LogP contribution in [0.25, 0.3) is 11.6 Å². The van der Waals surface area contributed by atoms with Crippen molar-refractivity contribution in [3.63, 3.8) is 0 Å².